The Morgan fingerprint density at radius 2 is 1.02 bits per heavy atom. The van der Waals surface area contributed by atoms with Gasteiger partial charge >= 0.3 is 0 Å². The number of rotatable bonds is 5. The molecule has 53 heavy (non-hydrogen) atoms. The SMILES string of the molecule is CC(C)c1cccc(C(C)C)c1N(c1ccc2c(c1)-c1ccccc1C2(C)C)c1ccc2ccc3cc4c(c5ccc1c2c35)-c1ccccc1C4(C)C. The van der Waals surface area contributed by atoms with E-state index in [2.05, 4.69) is 188 Å². The van der Waals surface area contributed by atoms with Gasteiger partial charge in [0.05, 0.1) is 11.4 Å². The van der Waals surface area contributed by atoms with Gasteiger partial charge in [-0.25, -0.2) is 0 Å². The zero-order valence-corrected chi connectivity index (χ0v) is 32.2. The fraction of sp³-hybridized carbons (Fsp3) is 0.231. The van der Waals surface area contributed by atoms with E-state index in [-0.39, 0.29) is 10.8 Å². The van der Waals surface area contributed by atoms with Crippen molar-refractivity contribution in [2.24, 2.45) is 0 Å². The molecule has 1 heteroatoms. The van der Waals surface area contributed by atoms with Crippen molar-refractivity contribution in [1.82, 2.24) is 0 Å². The van der Waals surface area contributed by atoms with Gasteiger partial charge in [0.2, 0.25) is 0 Å². The molecule has 0 atom stereocenters. The van der Waals surface area contributed by atoms with Crippen molar-refractivity contribution in [2.75, 3.05) is 4.90 Å². The number of hydrogen-bond acceptors (Lipinski definition) is 1. The van der Waals surface area contributed by atoms with Gasteiger partial charge in [0.25, 0.3) is 0 Å². The van der Waals surface area contributed by atoms with E-state index in [0.717, 1.165) is 0 Å². The van der Waals surface area contributed by atoms with E-state index in [0.29, 0.717) is 11.8 Å². The Labute approximate surface area is 314 Å². The maximum absolute atomic E-state index is 2.62. The highest BCUT2D eigenvalue weighted by Gasteiger charge is 2.38. The molecule has 0 saturated carbocycles. The lowest BCUT2D eigenvalue weighted by molar-refractivity contribution is 0.660. The van der Waals surface area contributed by atoms with Crippen LogP contribution in [0, 0.1) is 0 Å². The van der Waals surface area contributed by atoms with Crippen LogP contribution in [0.1, 0.15) is 101 Å². The monoisotopic (exact) mass is 685 g/mol. The van der Waals surface area contributed by atoms with Crippen molar-refractivity contribution in [3.05, 3.63) is 161 Å². The number of hydrogen-bond donors (Lipinski definition) is 0. The predicted octanol–water partition coefficient (Wildman–Crippen LogP) is 14.9. The van der Waals surface area contributed by atoms with Crippen LogP contribution in [0.2, 0.25) is 0 Å². The molecule has 260 valence electrons. The number of benzene rings is 8. The first-order valence-electron chi connectivity index (χ1n) is 19.5. The minimum Gasteiger partial charge on any atom is -0.309 e. The van der Waals surface area contributed by atoms with E-state index < -0.39 is 0 Å². The molecule has 0 spiro atoms. The van der Waals surface area contributed by atoms with Gasteiger partial charge in [0, 0.05) is 21.9 Å². The molecule has 2 aliphatic carbocycles. The Hall–Kier alpha value is -5.40. The Bertz CT molecular complexity index is 2760. The normalized spacial score (nSPS) is 15.1. The van der Waals surface area contributed by atoms with Crippen LogP contribution in [0.4, 0.5) is 17.1 Å². The lowest BCUT2D eigenvalue weighted by atomic mass is 9.80. The predicted molar refractivity (Wildman–Crippen MR) is 228 cm³/mol. The van der Waals surface area contributed by atoms with Gasteiger partial charge < -0.3 is 4.90 Å². The standard InChI is InChI=1S/C52H47N/c1-30(2)35-16-13-17-36(31(3)4)50(35)53(34-23-26-44-41(29-34)37-14-9-11-18-42(37)51(44,5)6)46-27-22-32-20-21-33-28-45-49(40-25-24-39(46)47(32)48(33)40)38-15-10-12-19-43(38)52(45,7)8/h9-31H,1-8H3. The topological polar surface area (TPSA) is 3.24 Å². The zero-order valence-electron chi connectivity index (χ0n) is 32.2. The minimum atomic E-state index is -0.0487. The molecule has 8 aromatic rings. The highest BCUT2D eigenvalue weighted by molar-refractivity contribution is 6.28. The van der Waals surface area contributed by atoms with Gasteiger partial charge in [-0.1, -0.05) is 159 Å². The average Bonchev–Trinajstić information content (AvgIpc) is 3.53. The van der Waals surface area contributed by atoms with Crippen LogP contribution in [0.15, 0.2) is 127 Å². The molecule has 0 radical (unpaired) electrons. The molecule has 0 unspecified atom stereocenters. The summed E-state index contributed by atoms with van der Waals surface area (Å²) in [4.78, 5) is 2.62. The highest BCUT2D eigenvalue weighted by atomic mass is 15.1. The van der Waals surface area contributed by atoms with E-state index in [1.54, 1.807) is 0 Å². The molecule has 0 N–H and O–H groups in total. The molecule has 0 aliphatic heterocycles. The second kappa shape index (κ2) is 11.1. The Morgan fingerprint density at radius 1 is 0.453 bits per heavy atom. The summed E-state index contributed by atoms with van der Waals surface area (Å²) in [5.41, 5.74) is 17.5. The third kappa shape index (κ3) is 4.31. The fourth-order valence-electron chi connectivity index (χ4n) is 10.2. The van der Waals surface area contributed by atoms with Crippen LogP contribution >= 0.6 is 0 Å². The van der Waals surface area contributed by atoms with E-state index >= 15 is 0 Å². The van der Waals surface area contributed by atoms with E-state index in [1.165, 1.54) is 105 Å². The smallest absolute Gasteiger partial charge is 0.0540 e. The van der Waals surface area contributed by atoms with E-state index in [9.17, 15) is 0 Å². The van der Waals surface area contributed by atoms with Crippen molar-refractivity contribution >= 4 is 49.4 Å². The van der Waals surface area contributed by atoms with Crippen molar-refractivity contribution in [1.29, 1.82) is 0 Å². The highest BCUT2D eigenvalue weighted by Crippen LogP contribution is 2.56. The zero-order chi connectivity index (χ0) is 36.6. The molecule has 0 aromatic heterocycles. The molecular weight excluding hydrogens is 639 g/mol. The van der Waals surface area contributed by atoms with Crippen LogP contribution in [0.3, 0.4) is 0 Å². The summed E-state index contributed by atoms with van der Waals surface area (Å²) in [6.07, 6.45) is 0. The van der Waals surface area contributed by atoms with Gasteiger partial charge in [0.15, 0.2) is 0 Å². The molecule has 8 aromatic carbocycles. The van der Waals surface area contributed by atoms with E-state index in [1.807, 2.05) is 0 Å². The quantitative estimate of drug-likeness (QED) is 0.163. The lowest BCUT2D eigenvalue weighted by Crippen LogP contribution is -2.17. The molecule has 0 saturated heterocycles. The summed E-state index contributed by atoms with van der Waals surface area (Å²) >= 11 is 0. The largest absolute Gasteiger partial charge is 0.309 e. The molecule has 0 fully saturated rings. The van der Waals surface area contributed by atoms with Crippen LogP contribution in [0.5, 0.6) is 0 Å². The Morgan fingerprint density at radius 3 is 1.74 bits per heavy atom. The van der Waals surface area contributed by atoms with Crippen molar-refractivity contribution in [2.45, 2.75) is 78.1 Å². The number of fused-ring (bicyclic) bond motifs is 7. The van der Waals surface area contributed by atoms with Crippen molar-refractivity contribution in [3.8, 4) is 22.3 Å². The van der Waals surface area contributed by atoms with Gasteiger partial charge in [-0.2, -0.15) is 0 Å². The van der Waals surface area contributed by atoms with Crippen LogP contribution in [-0.4, -0.2) is 0 Å². The number of anilines is 3. The van der Waals surface area contributed by atoms with Crippen LogP contribution < -0.4 is 4.90 Å². The first kappa shape index (κ1) is 32.3. The first-order valence-corrected chi connectivity index (χ1v) is 19.5. The molecule has 0 bridgehead atoms. The molecule has 0 heterocycles. The Balaban J connectivity index is 1.31. The summed E-state index contributed by atoms with van der Waals surface area (Å²) in [5, 5.41) is 7.99. The minimum absolute atomic E-state index is 0.0470. The van der Waals surface area contributed by atoms with Crippen LogP contribution in [0.25, 0.3) is 54.6 Å². The second-order valence-corrected chi connectivity index (χ2v) is 17.3. The summed E-state index contributed by atoms with van der Waals surface area (Å²) in [6, 6.07) is 49.1. The third-order valence-electron chi connectivity index (χ3n) is 12.9. The van der Waals surface area contributed by atoms with Gasteiger partial charge in [0.1, 0.15) is 0 Å². The number of nitrogens with zero attached hydrogens (tertiary/aromatic N) is 1. The maximum atomic E-state index is 2.62. The van der Waals surface area contributed by atoms with Crippen molar-refractivity contribution < 1.29 is 0 Å². The van der Waals surface area contributed by atoms with Gasteiger partial charge in [-0.15, -0.1) is 0 Å². The van der Waals surface area contributed by atoms with Crippen molar-refractivity contribution in [3.63, 3.8) is 0 Å². The third-order valence-corrected chi connectivity index (χ3v) is 12.9. The summed E-state index contributed by atoms with van der Waals surface area (Å²) in [7, 11) is 0. The second-order valence-electron chi connectivity index (χ2n) is 17.3. The average molecular weight is 686 g/mol. The van der Waals surface area contributed by atoms with Gasteiger partial charge in [-0.3, -0.25) is 0 Å². The first-order chi connectivity index (χ1) is 25.5. The molecule has 10 rings (SSSR count). The maximum Gasteiger partial charge on any atom is 0.0540 e. The Kier molecular flexibility index (Phi) is 6.73. The molecule has 0 amide bonds. The summed E-state index contributed by atoms with van der Waals surface area (Å²) in [6.45, 7) is 18.9. The van der Waals surface area contributed by atoms with Gasteiger partial charge in [-0.05, 0) is 119 Å². The lowest BCUT2D eigenvalue weighted by Gasteiger charge is -2.34. The number of para-hydroxylation sites is 1. The summed E-state index contributed by atoms with van der Waals surface area (Å²) in [5.74, 6) is 0.706. The van der Waals surface area contributed by atoms with Crippen LogP contribution in [-0.2, 0) is 10.8 Å². The molecule has 2 aliphatic rings. The molecule has 1 nitrogen and oxygen atoms in total. The van der Waals surface area contributed by atoms with E-state index in [4.69, 9.17) is 0 Å². The molecular formula is C52H47N. The summed E-state index contributed by atoms with van der Waals surface area (Å²) < 4.78 is 0. The fourth-order valence-corrected chi connectivity index (χ4v) is 10.2.